The van der Waals surface area contributed by atoms with Gasteiger partial charge in [0.15, 0.2) is 0 Å². The first-order valence-electron chi connectivity index (χ1n) is 9.58. The predicted octanol–water partition coefficient (Wildman–Crippen LogP) is 3.41. The molecule has 3 unspecified atom stereocenters. The van der Waals surface area contributed by atoms with Gasteiger partial charge < -0.3 is 9.47 Å². The van der Waals surface area contributed by atoms with Crippen LogP contribution in [-0.4, -0.2) is 44.6 Å². The Morgan fingerprint density at radius 1 is 1.13 bits per heavy atom. The highest BCUT2D eigenvalue weighted by Gasteiger charge is 2.59. The van der Waals surface area contributed by atoms with Crippen LogP contribution < -0.4 is 0 Å². The smallest absolute Gasteiger partial charge is 0.400 e. The van der Waals surface area contributed by atoms with E-state index in [9.17, 15) is 22.8 Å². The fourth-order valence-corrected chi connectivity index (χ4v) is 6.09. The molecule has 5 rings (SSSR count). The normalized spacial score (nSPS) is 26.9. The average molecular weight is 471 g/mol. The number of carbonyl (C=O) groups is 2. The molecule has 31 heavy (non-hydrogen) atoms. The second kappa shape index (κ2) is 7.45. The number of aromatic nitrogens is 2. The van der Waals surface area contributed by atoms with Crippen molar-refractivity contribution in [2.45, 2.75) is 41.6 Å². The highest BCUT2D eigenvalue weighted by atomic mass is 32.2. The quantitative estimate of drug-likeness (QED) is 0.381. The summed E-state index contributed by atoms with van der Waals surface area (Å²) in [7, 11) is 0. The summed E-state index contributed by atoms with van der Waals surface area (Å²) in [5.74, 6) is -2.47. The molecule has 4 heterocycles. The van der Waals surface area contributed by atoms with Crippen LogP contribution in [0.5, 0.6) is 0 Å². The summed E-state index contributed by atoms with van der Waals surface area (Å²) in [6.45, 7) is 1.14. The molecule has 0 amide bonds. The van der Waals surface area contributed by atoms with E-state index in [1.807, 2.05) is 4.90 Å². The molecule has 7 nitrogen and oxygen atoms in total. The maximum absolute atomic E-state index is 12.7. The standard InChI is InChI=1S/C19H16F3N3O4S2/c20-19(21,22)12-3-1-10(2-4-12)9-30-15-14(23-31-24-15)13-8-25-7-11(13)5-6-18(25)28-16(26)17(27)29-18/h1-4,11,13H,5-9H2. The van der Waals surface area contributed by atoms with E-state index < -0.39 is 29.6 Å². The van der Waals surface area contributed by atoms with E-state index in [4.69, 9.17) is 9.47 Å². The molecule has 3 saturated heterocycles. The Bertz CT molecular complexity index is 1010. The molecule has 2 aromatic rings. The number of rotatable bonds is 4. The van der Waals surface area contributed by atoms with Gasteiger partial charge in [0.25, 0.3) is 0 Å². The molecule has 0 N–H and O–H groups in total. The maximum atomic E-state index is 12.7. The molecule has 164 valence electrons. The number of hydrogen-bond acceptors (Lipinski definition) is 9. The van der Waals surface area contributed by atoms with Crippen molar-refractivity contribution in [1.82, 2.24) is 13.6 Å². The lowest BCUT2D eigenvalue weighted by Gasteiger charge is -2.37. The SMILES string of the molecule is O=C1OC2(CCC3CN2CC3c2nsnc2SCc2ccc(C(F)(F)F)cc2)OC1=O. The van der Waals surface area contributed by atoms with E-state index in [-0.39, 0.29) is 11.8 Å². The third-order valence-corrected chi connectivity index (χ3v) is 7.62. The lowest BCUT2D eigenvalue weighted by molar-refractivity contribution is -0.257. The van der Waals surface area contributed by atoms with Crippen LogP contribution in [0.1, 0.15) is 35.6 Å². The van der Waals surface area contributed by atoms with Crippen molar-refractivity contribution in [2.24, 2.45) is 5.92 Å². The first-order chi connectivity index (χ1) is 14.7. The number of alkyl halides is 3. The molecule has 0 aliphatic carbocycles. The van der Waals surface area contributed by atoms with Gasteiger partial charge >= 0.3 is 24.0 Å². The van der Waals surface area contributed by atoms with Gasteiger partial charge in [-0.2, -0.15) is 21.9 Å². The largest absolute Gasteiger partial charge is 0.421 e. The van der Waals surface area contributed by atoms with Crippen LogP contribution in [0.3, 0.4) is 0 Å². The first-order valence-corrected chi connectivity index (χ1v) is 11.3. The molecule has 12 heteroatoms. The molecule has 0 radical (unpaired) electrons. The van der Waals surface area contributed by atoms with Crippen LogP contribution in [0.15, 0.2) is 29.3 Å². The van der Waals surface area contributed by atoms with Crippen LogP contribution in [-0.2, 0) is 31.0 Å². The van der Waals surface area contributed by atoms with Crippen molar-refractivity contribution in [1.29, 1.82) is 0 Å². The lowest BCUT2D eigenvalue weighted by atomic mass is 9.88. The van der Waals surface area contributed by atoms with Crippen LogP contribution >= 0.6 is 23.5 Å². The Hall–Kier alpha value is -2.18. The molecule has 2 bridgehead atoms. The van der Waals surface area contributed by atoms with Gasteiger partial charge in [0, 0.05) is 31.2 Å². The Morgan fingerprint density at radius 2 is 1.84 bits per heavy atom. The Kier molecular flexibility index (Phi) is 4.98. The van der Waals surface area contributed by atoms with Gasteiger partial charge in [-0.25, -0.2) is 14.5 Å². The monoisotopic (exact) mass is 471 g/mol. The third kappa shape index (κ3) is 3.70. The summed E-state index contributed by atoms with van der Waals surface area (Å²) in [6.07, 6.45) is -3.23. The van der Waals surface area contributed by atoms with Crippen molar-refractivity contribution in [3.63, 3.8) is 0 Å². The van der Waals surface area contributed by atoms with Crippen LogP contribution in [0.25, 0.3) is 0 Å². The highest BCUT2D eigenvalue weighted by molar-refractivity contribution is 7.98. The summed E-state index contributed by atoms with van der Waals surface area (Å²) in [4.78, 5) is 25.0. The molecular formula is C19H16F3N3O4S2. The topological polar surface area (TPSA) is 81.6 Å². The minimum Gasteiger partial charge on any atom is -0.400 e. The number of benzene rings is 1. The predicted molar refractivity (Wildman–Crippen MR) is 103 cm³/mol. The Labute approximate surface area is 183 Å². The molecule has 3 atom stereocenters. The number of ether oxygens (including phenoxy) is 2. The second-order valence-electron chi connectivity index (χ2n) is 7.74. The van der Waals surface area contributed by atoms with E-state index in [1.165, 1.54) is 23.9 Å². The van der Waals surface area contributed by atoms with Gasteiger partial charge in [-0.3, -0.25) is 0 Å². The fraction of sp³-hybridized carbons (Fsp3) is 0.474. The Balaban J connectivity index is 1.28. The number of fused-ring (bicyclic) bond motifs is 3. The molecule has 1 spiro atoms. The van der Waals surface area contributed by atoms with E-state index in [1.54, 1.807) is 0 Å². The average Bonchev–Trinajstić information content (AvgIpc) is 3.40. The summed E-state index contributed by atoms with van der Waals surface area (Å²) < 4.78 is 57.6. The molecule has 1 aromatic heterocycles. The molecule has 1 aromatic carbocycles. The number of piperidine rings is 1. The van der Waals surface area contributed by atoms with Gasteiger partial charge in [-0.1, -0.05) is 23.9 Å². The van der Waals surface area contributed by atoms with Crippen LogP contribution in [0, 0.1) is 5.92 Å². The van der Waals surface area contributed by atoms with Crippen molar-refractivity contribution in [3.05, 3.63) is 41.1 Å². The minimum absolute atomic E-state index is 0.0474. The zero-order valence-corrected chi connectivity index (χ0v) is 17.6. The van der Waals surface area contributed by atoms with E-state index in [2.05, 4.69) is 8.75 Å². The van der Waals surface area contributed by atoms with Gasteiger partial charge in [0.1, 0.15) is 5.03 Å². The lowest BCUT2D eigenvalue weighted by Crippen LogP contribution is -2.51. The molecule has 3 aliphatic rings. The van der Waals surface area contributed by atoms with Crippen LogP contribution in [0.4, 0.5) is 13.2 Å². The summed E-state index contributed by atoms with van der Waals surface area (Å²) in [6, 6.07) is 5.09. The van der Waals surface area contributed by atoms with Crippen LogP contribution in [0.2, 0.25) is 0 Å². The Morgan fingerprint density at radius 3 is 2.52 bits per heavy atom. The molecule has 3 aliphatic heterocycles. The molecular weight excluding hydrogens is 455 g/mol. The van der Waals surface area contributed by atoms with Gasteiger partial charge in [0.05, 0.1) is 23.0 Å². The van der Waals surface area contributed by atoms with Crippen molar-refractivity contribution in [3.8, 4) is 0 Å². The number of halogens is 3. The van der Waals surface area contributed by atoms with Gasteiger partial charge in [-0.15, -0.1) is 0 Å². The van der Waals surface area contributed by atoms with Crippen molar-refractivity contribution >= 4 is 35.4 Å². The van der Waals surface area contributed by atoms with Gasteiger partial charge in [-0.05, 0) is 30.0 Å². The number of carbonyl (C=O) groups excluding carboxylic acids is 2. The number of nitrogens with zero attached hydrogens (tertiary/aromatic N) is 3. The number of hydrogen-bond donors (Lipinski definition) is 0. The summed E-state index contributed by atoms with van der Waals surface area (Å²) in [5.41, 5.74) is 0.920. The first kappa shape index (κ1) is 20.7. The van der Waals surface area contributed by atoms with E-state index in [0.717, 1.165) is 40.1 Å². The van der Waals surface area contributed by atoms with Crippen molar-refractivity contribution < 1.29 is 32.2 Å². The zero-order chi connectivity index (χ0) is 21.8. The summed E-state index contributed by atoms with van der Waals surface area (Å²) in [5, 5.41) is 0.748. The van der Waals surface area contributed by atoms with E-state index >= 15 is 0 Å². The second-order valence-corrected chi connectivity index (χ2v) is 9.23. The number of thioether (sulfide) groups is 1. The maximum Gasteiger partial charge on any atom is 0.421 e. The highest BCUT2D eigenvalue weighted by Crippen LogP contribution is 2.48. The zero-order valence-electron chi connectivity index (χ0n) is 15.9. The molecule has 0 saturated carbocycles. The minimum atomic E-state index is -4.35. The third-order valence-electron chi connectivity index (χ3n) is 5.91. The van der Waals surface area contributed by atoms with Crippen molar-refractivity contribution in [2.75, 3.05) is 13.1 Å². The fourth-order valence-electron chi connectivity index (χ4n) is 4.36. The van der Waals surface area contributed by atoms with Gasteiger partial charge in [0.2, 0.25) is 0 Å². The van der Waals surface area contributed by atoms with E-state index in [0.29, 0.717) is 31.7 Å². The number of esters is 2. The molecule has 3 fully saturated rings. The summed E-state index contributed by atoms with van der Waals surface area (Å²) >= 11 is 2.53.